The molecule has 2 rings (SSSR count). The fraction of sp³-hybridized carbons (Fsp3) is 0.800. The molecule has 0 amide bonds. The van der Waals surface area contributed by atoms with Gasteiger partial charge in [-0.05, 0) is 83.3 Å². The van der Waals surface area contributed by atoms with Gasteiger partial charge in [0.1, 0.15) is 36.9 Å². The fourth-order valence-electron chi connectivity index (χ4n) is 6.02. The summed E-state index contributed by atoms with van der Waals surface area (Å²) >= 11 is 0. The summed E-state index contributed by atoms with van der Waals surface area (Å²) in [6, 6.07) is 0. The van der Waals surface area contributed by atoms with Crippen LogP contribution in [0.2, 0.25) is 0 Å². The maximum absolute atomic E-state index is 12.2. The lowest BCUT2D eigenvalue weighted by molar-refractivity contribution is -0.146. The molecule has 0 N–H and O–H groups in total. The molecule has 0 aromatic heterocycles. The van der Waals surface area contributed by atoms with Gasteiger partial charge in [-0.3, -0.25) is 9.80 Å². The Morgan fingerprint density at radius 1 is 0.632 bits per heavy atom. The van der Waals surface area contributed by atoms with Crippen molar-refractivity contribution in [2.45, 2.75) is 129 Å². The van der Waals surface area contributed by atoms with Gasteiger partial charge >= 0.3 is 11.9 Å². The molecular weight excluding hydrogens is 484 g/mol. The van der Waals surface area contributed by atoms with E-state index in [1.165, 1.54) is 12.2 Å². The van der Waals surface area contributed by atoms with Crippen molar-refractivity contribution in [2.24, 2.45) is 0 Å². The van der Waals surface area contributed by atoms with Gasteiger partial charge in [0.25, 0.3) is 0 Å². The Morgan fingerprint density at radius 2 is 0.895 bits per heavy atom. The van der Waals surface area contributed by atoms with Crippen LogP contribution in [-0.2, 0) is 28.5 Å². The van der Waals surface area contributed by atoms with Gasteiger partial charge in [0.15, 0.2) is 0 Å². The van der Waals surface area contributed by atoms with Gasteiger partial charge in [0, 0.05) is 47.8 Å². The summed E-state index contributed by atoms with van der Waals surface area (Å²) < 4.78 is 22.6. The van der Waals surface area contributed by atoms with Crippen molar-refractivity contribution in [1.82, 2.24) is 9.80 Å². The van der Waals surface area contributed by atoms with Crippen LogP contribution < -0.4 is 0 Å². The van der Waals surface area contributed by atoms with E-state index in [-0.39, 0.29) is 47.6 Å². The highest BCUT2D eigenvalue weighted by molar-refractivity contribution is 5.83. The monoisotopic (exact) mass is 536 g/mol. The van der Waals surface area contributed by atoms with Crippen LogP contribution in [0.4, 0.5) is 0 Å². The summed E-state index contributed by atoms with van der Waals surface area (Å²) in [5, 5.41) is 0. The number of piperidine rings is 2. The van der Waals surface area contributed by atoms with E-state index >= 15 is 0 Å². The summed E-state index contributed by atoms with van der Waals surface area (Å²) in [7, 11) is 4.29. The highest BCUT2D eigenvalue weighted by Crippen LogP contribution is 2.39. The normalized spacial score (nSPS) is 24.5. The van der Waals surface area contributed by atoms with Crippen molar-refractivity contribution in [1.29, 1.82) is 0 Å². The number of carbonyl (C=O) groups excluding carboxylic acids is 2. The molecule has 0 atom stereocenters. The van der Waals surface area contributed by atoms with Gasteiger partial charge in [0.2, 0.25) is 0 Å². The molecular formula is C30H52N2O6. The van der Waals surface area contributed by atoms with Crippen molar-refractivity contribution >= 4 is 11.9 Å². The zero-order valence-electron chi connectivity index (χ0n) is 25.9. The lowest BCUT2D eigenvalue weighted by Gasteiger charge is -2.53. The second-order valence-corrected chi connectivity index (χ2v) is 13.5. The van der Waals surface area contributed by atoms with Gasteiger partial charge in [-0.25, -0.2) is 9.59 Å². The smallest absolute Gasteiger partial charge is 0.334 e. The number of likely N-dealkylation sites (tertiary alicyclic amines) is 2. The summed E-state index contributed by atoms with van der Waals surface area (Å²) in [6.07, 6.45) is 6.21. The third kappa shape index (κ3) is 8.73. The third-order valence-corrected chi connectivity index (χ3v) is 8.46. The first kappa shape index (κ1) is 32.2. The number of hydrogen-bond acceptors (Lipinski definition) is 8. The molecule has 38 heavy (non-hydrogen) atoms. The quantitative estimate of drug-likeness (QED) is 0.172. The van der Waals surface area contributed by atoms with E-state index in [9.17, 15) is 9.59 Å². The van der Waals surface area contributed by atoms with Crippen LogP contribution in [0.15, 0.2) is 23.7 Å². The lowest BCUT2D eigenvalue weighted by atomic mass is 9.78. The van der Waals surface area contributed by atoms with E-state index in [0.717, 1.165) is 25.7 Å². The number of allylic oxidation sites excluding steroid dienone is 2. The number of hydrogen-bond donors (Lipinski definition) is 0. The average molecular weight is 537 g/mol. The van der Waals surface area contributed by atoms with Gasteiger partial charge in [-0.15, -0.1) is 0 Å². The molecule has 8 nitrogen and oxygen atoms in total. The molecule has 218 valence electrons. The van der Waals surface area contributed by atoms with Gasteiger partial charge in [-0.1, -0.05) is 0 Å². The van der Waals surface area contributed by atoms with Gasteiger partial charge in [0.05, 0.1) is 12.2 Å². The molecule has 0 bridgehead atoms. The zero-order valence-corrected chi connectivity index (χ0v) is 25.9. The molecule has 0 aromatic rings. The minimum Gasteiger partial charge on any atom is -0.495 e. The van der Waals surface area contributed by atoms with Crippen molar-refractivity contribution in [3.8, 4) is 0 Å². The van der Waals surface area contributed by atoms with Crippen LogP contribution in [0.3, 0.4) is 0 Å². The van der Waals surface area contributed by atoms with Crippen LogP contribution >= 0.6 is 0 Å². The molecule has 0 spiro atoms. The Kier molecular flexibility index (Phi) is 10.1. The Labute approximate surface area is 230 Å². The molecule has 8 heteroatoms. The van der Waals surface area contributed by atoms with E-state index in [0.29, 0.717) is 11.5 Å². The minimum absolute atomic E-state index is 0.00474. The highest BCUT2D eigenvalue weighted by Gasteiger charge is 2.45. The fourth-order valence-corrected chi connectivity index (χ4v) is 6.02. The van der Waals surface area contributed by atoms with Gasteiger partial charge < -0.3 is 18.9 Å². The summed E-state index contributed by atoms with van der Waals surface area (Å²) in [5.41, 5.74) is -0.0190. The second-order valence-electron chi connectivity index (χ2n) is 13.5. The topological polar surface area (TPSA) is 77.5 Å². The lowest BCUT2D eigenvalue weighted by Crippen LogP contribution is -2.60. The maximum atomic E-state index is 12.2. The summed E-state index contributed by atoms with van der Waals surface area (Å²) in [6.45, 7) is 21.1. The van der Waals surface area contributed by atoms with Crippen LogP contribution in [0, 0.1) is 0 Å². The largest absolute Gasteiger partial charge is 0.495 e. The average Bonchev–Trinajstić information content (AvgIpc) is 2.72. The molecule has 0 unspecified atom stereocenters. The number of ether oxygens (including phenoxy) is 4. The van der Waals surface area contributed by atoms with Crippen molar-refractivity contribution in [3.05, 3.63) is 23.7 Å². The first-order chi connectivity index (χ1) is 17.2. The SMILES string of the molecule is C/C(=C/C(=O)OCCOC(=O)/C=C(/C)OC1CC(C)(C)N(C)C(C)(C)C1)OC1CC(C)(C)N(C)C(C)(C)C1. The predicted molar refractivity (Wildman–Crippen MR) is 149 cm³/mol. The molecule has 2 heterocycles. The summed E-state index contributed by atoms with van der Waals surface area (Å²) in [4.78, 5) is 29.2. The molecule has 2 aliphatic heterocycles. The zero-order chi connectivity index (χ0) is 29.1. The first-order valence-corrected chi connectivity index (χ1v) is 13.8. The molecule has 0 radical (unpaired) electrons. The van der Waals surface area contributed by atoms with E-state index in [1.54, 1.807) is 13.8 Å². The Morgan fingerprint density at radius 3 is 1.16 bits per heavy atom. The Balaban J connectivity index is 1.75. The molecule has 0 aliphatic carbocycles. The molecule has 2 fully saturated rings. The van der Waals surface area contributed by atoms with Crippen molar-refractivity contribution < 1.29 is 28.5 Å². The predicted octanol–water partition coefficient (Wildman–Crippen LogP) is 5.22. The van der Waals surface area contributed by atoms with Crippen LogP contribution in [-0.4, -0.2) is 83.4 Å². The molecule has 2 saturated heterocycles. The number of rotatable bonds is 9. The second kappa shape index (κ2) is 12.0. The number of esters is 2. The Bertz CT molecular complexity index is 808. The standard InChI is InChI=1S/C30H52N2O6/c1-21(37-23-17-27(3,4)31(11)28(5,6)18-23)15-25(33)35-13-14-36-26(34)16-22(2)38-24-19-29(7,8)32(12)30(9,10)20-24/h15-16,23-24H,13-14,17-20H2,1-12H3/b21-15-,22-16-. The van der Waals surface area contributed by atoms with Gasteiger partial charge in [-0.2, -0.15) is 0 Å². The van der Waals surface area contributed by atoms with Crippen LogP contribution in [0.5, 0.6) is 0 Å². The Hall–Kier alpha value is -2.06. The van der Waals surface area contributed by atoms with Crippen LogP contribution in [0.1, 0.15) is 94.9 Å². The van der Waals surface area contributed by atoms with Crippen molar-refractivity contribution in [3.63, 3.8) is 0 Å². The maximum Gasteiger partial charge on any atom is 0.334 e. The molecule has 0 saturated carbocycles. The number of nitrogens with zero attached hydrogens (tertiary/aromatic N) is 2. The van der Waals surface area contributed by atoms with Crippen LogP contribution in [0.25, 0.3) is 0 Å². The highest BCUT2D eigenvalue weighted by atomic mass is 16.6. The van der Waals surface area contributed by atoms with E-state index < -0.39 is 11.9 Å². The minimum atomic E-state index is -0.521. The third-order valence-electron chi connectivity index (χ3n) is 8.46. The van der Waals surface area contributed by atoms with E-state index in [1.807, 2.05) is 0 Å². The first-order valence-electron chi connectivity index (χ1n) is 13.8. The number of carbonyl (C=O) groups is 2. The van der Waals surface area contributed by atoms with E-state index in [4.69, 9.17) is 18.9 Å². The molecule has 0 aromatic carbocycles. The van der Waals surface area contributed by atoms with Crippen molar-refractivity contribution in [2.75, 3.05) is 27.3 Å². The molecule has 2 aliphatic rings. The van der Waals surface area contributed by atoms with E-state index in [2.05, 4.69) is 79.3 Å². The summed E-state index contributed by atoms with van der Waals surface area (Å²) in [5.74, 6) is -0.00618.